The number of aromatic nitrogens is 4. The standard InChI is InChI=1S/C23H22N6O/c1-14-3-2-4-20(28-14)23-22(26-13-27-23)16-5-6-19-17(8-16)9-18(12-25-19)29-21(30)7-15-10-24-11-15/h2-6,8-9,12-13,15,24H,7,10-11H2,1H3,(H,26,27)(H,29,30). The van der Waals surface area contributed by atoms with Crippen LogP contribution < -0.4 is 10.6 Å². The van der Waals surface area contributed by atoms with Crippen molar-refractivity contribution in [2.45, 2.75) is 13.3 Å². The van der Waals surface area contributed by atoms with Crippen LogP contribution in [0, 0.1) is 12.8 Å². The maximum Gasteiger partial charge on any atom is 0.224 e. The fourth-order valence-corrected chi connectivity index (χ4v) is 3.70. The lowest BCUT2D eigenvalue weighted by atomic mass is 9.99. The molecule has 150 valence electrons. The Hall–Kier alpha value is -3.58. The number of nitrogens with one attached hydrogen (secondary N) is 3. The lowest BCUT2D eigenvalue weighted by molar-refractivity contribution is -0.117. The van der Waals surface area contributed by atoms with E-state index in [0.29, 0.717) is 18.0 Å². The molecule has 1 aromatic carbocycles. The van der Waals surface area contributed by atoms with Crippen LogP contribution in [0.15, 0.2) is 55.0 Å². The summed E-state index contributed by atoms with van der Waals surface area (Å²) < 4.78 is 0. The highest BCUT2D eigenvalue weighted by atomic mass is 16.1. The lowest BCUT2D eigenvalue weighted by Gasteiger charge is -2.26. The Labute approximate surface area is 174 Å². The first kappa shape index (κ1) is 18.4. The minimum Gasteiger partial charge on any atom is -0.343 e. The molecule has 1 aliphatic heterocycles. The highest BCUT2D eigenvalue weighted by Gasteiger charge is 2.20. The number of nitrogens with zero attached hydrogens (tertiary/aromatic N) is 3. The van der Waals surface area contributed by atoms with Gasteiger partial charge in [0, 0.05) is 23.1 Å². The molecule has 0 aliphatic carbocycles. The second kappa shape index (κ2) is 7.68. The number of aryl methyl sites for hydroxylation is 1. The van der Waals surface area contributed by atoms with E-state index in [4.69, 9.17) is 0 Å². The molecule has 3 N–H and O–H groups in total. The molecule has 7 heteroatoms. The number of aromatic amines is 1. The average Bonchev–Trinajstić information content (AvgIpc) is 3.20. The van der Waals surface area contributed by atoms with Crippen molar-refractivity contribution in [1.82, 2.24) is 25.3 Å². The van der Waals surface area contributed by atoms with Crippen LogP contribution in [0.4, 0.5) is 5.69 Å². The molecule has 1 fully saturated rings. The summed E-state index contributed by atoms with van der Waals surface area (Å²) in [7, 11) is 0. The second-order valence-corrected chi connectivity index (χ2v) is 7.70. The fraction of sp³-hybridized carbons (Fsp3) is 0.217. The molecular weight excluding hydrogens is 376 g/mol. The number of amides is 1. The Balaban J connectivity index is 1.45. The highest BCUT2D eigenvalue weighted by Crippen LogP contribution is 2.30. The normalized spacial score (nSPS) is 13.9. The maximum atomic E-state index is 12.2. The van der Waals surface area contributed by atoms with Gasteiger partial charge in [-0.15, -0.1) is 0 Å². The molecule has 0 radical (unpaired) electrons. The van der Waals surface area contributed by atoms with Gasteiger partial charge in [0.1, 0.15) is 0 Å². The van der Waals surface area contributed by atoms with Crippen molar-refractivity contribution in [2.24, 2.45) is 5.92 Å². The Morgan fingerprint density at radius 1 is 1.17 bits per heavy atom. The summed E-state index contributed by atoms with van der Waals surface area (Å²) in [4.78, 5) is 29.1. The molecule has 1 amide bonds. The topological polar surface area (TPSA) is 95.6 Å². The van der Waals surface area contributed by atoms with Gasteiger partial charge in [0.05, 0.1) is 40.8 Å². The van der Waals surface area contributed by atoms with E-state index >= 15 is 0 Å². The zero-order valence-electron chi connectivity index (χ0n) is 16.6. The first-order valence-electron chi connectivity index (χ1n) is 10.0. The summed E-state index contributed by atoms with van der Waals surface area (Å²) >= 11 is 0. The van der Waals surface area contributed by atoms with Crippen LogP contribution in [0.3, 0.4) is 0 Å². The Morgan fingerprint density at radius 2 is 2.07 bits per heavy atom. The molecular formula is C23H22N6O. The Morgan fingerprint density at radius 3 is 2.87 bits per heavy atom. The van der Waals surface area contributed by atoms with Crippen LogP contribution in [0.1, 0.15) is 12.1 Å². The zero-order valence-corrected chi connectivity index (χ0v) is 16.6. The number of carbonyl (C=O) groups excluding carboxylic acids is 1. The number of carbonyl (C=O) groups is 1. The second-order valence-electron chi connectivity index (χ2n) is 7.70. The monoisotopic (exact) mass is 398 g/mol. The van der Waals surface area contributed by atoms with E-state index in [2.05, 4.69) is 30.6 Å². The van der Waals surface area contributed by atoms with Crippen molar-refractivity contribution in [1.29, 1.82) is 0 Å². The molecule has 4 aromatic rings. The fourth-order valence-electron chi connectivity index (χ4n) is 3.70. The van der Waals surface area contributed by atoms with Crippen LogP contribution in [-0.2, 0) is 4.79 Å². The predicted octanol–water partition coefficient (Wildman–Crippen LogP) is 3.54. The van der Waals surface area contributed by atoms with E-state index < -0.39 is 0 Å². The van der Waals surface area contributed by atoms with E-state index in [1.165, 1.54) is 0 Å². The Kier molecular flexibility index (Phi) is 4.72. The van der Waals surface area contributed by atoms with Gasteiger partial charge in [0.15, 0.2) is 0 Å². The van der Waals surface area contributed by atoms with Crippen molar-refractivity contribution in [2.75, 3.05) is 18.4 Å². The molecule has 0 spiro atoms. The lowest BCUT2D eigenvalue weighted by Crippen LogP contribution is -2.43. The van der Waals surface area contributed by atoms with Crippen LogP contribution in [0.25, 0.3) is 33.5 Å². The zero-order chi connectivity index (χ0) is 20.5. The van der Waals surface area contributed by atoms with Crippen molar-refractivity contribution in [3.8, 4) is 22.6 Å². The number of H-pyrrole nitrogens is 1. The van der Waals surface area contributed by atoms with E-state index in [1.807, 2.05) is 49.4 Å². The first-order valence-corrected chi connectivity index (χ1v) is 10.0. The molecule has 5 rings (SSSR count). The molecule has 0 bridgehead atoms. The molecule has 1 saturated heterocycles. The van der Waals surface area contributed by atoms with E-state index in [0.717, 1.165) is 52.3 Å². The molecule has 0 unspecified atom stereocenters. The first-order chi connectivity index (χ1) is 14.7. The molecule has 4 heterocycles. The SMILES string of the molecule is Cc1cccc(-c2[nH]cnc2-c2ccc3ncc(NC(=O)CC4CNC4)cc3c2)n1. The third kappa shape index (κ3) is 3.67. The van der Waals surface area contributed by atoms with Gasteiger partial charge in [-0.3, -0.25) is 14.8 Å². The Bertz CT molecular complexity index is 1230. The van der Waals surface area contributed by atoms with Gasteiger partial charge in [-0.1, -0.05) is 12.1 Å². The molecule has 30 heavy (non-hydrogen) atoms. The number of fused-ring (bicyclic) bond motifs is 1. The molecule has 7 nitrogen and oxygen atoms in total. The van der Waals surface area contributed by atoms with E-state index in [1.54, 1.807) is 12.5 Å². The molecule has 1 aliphatic rings. The summed E-state index contributed by atoms with van der Waals surface area (Å²) in [5.41, 5.74) is 6.06. The van der Waals surface area contributed by atoms with Crippen LogP contribution in [0.5, 0.6) is 0 Å². The number of benzene rings is 1. The number of rotatable bonds is 5. The predicted molar refractivity (Wildman–Crippen MR) is 117 cm³/mol. The maximum absolute atomic E-state index is 12.2. The molecule has 0 atom stereocenters. The van der Waals surface area contributed by atoms with Gasteiger partial charge >= 0.3 is 0 Å². The van der Waals surface area contributed by atoms with Crippen molar-refractivity contribution in [3.63, 3.8) is 0 Å². The van der Waals surface area contributed by atoms with Gasteiger partial charge in [-0.2, -0.15) is 0 Å². The van der Waals surface area contributed by atoms with E-state index in [-0.39, 0.29) is 5.91 Å². The number of pyridine rings is 2. The summed E-state index contributed by atoms with van der Waals surface area (Å²) in [6.45, 7) is 3.79. The van der Waals surface area contributed by atoms with Crippen molar-refractivity contribution in [3.05, 3.63) is 60.7 Å². The van der Waals surface area contributed by atoms with Crippen LogP contribution >= 0.6 is 0 Å². The highest BCUT2D eigenvalue weighted by molar-refractivity contribution is 5.94. The van der Waals surface area contributed by atoms with Gasteiger partial charge in [-0.25, -0.2) is 4.98 Å². The minimum absolute atomic E-state index is 0.0268. The third-order valence-corrected chi connectivity index (χ3v) is 5.36. The summed E-state index contributed by atoms with van der Waals surface area (Å²) in [5, 5.41) is 7.10. The largest absolute Gasteiger partial charge is 0.343 e. The number of anilines is 1. The van der Waals surface area contributed by atoms with Gasteiger partial charge < -0.3 is 15.6 Å². The van der Waals surface area contributed by atoms with Crippen LogP contribution in [0.2, 0.25) is 0 Å². The van der Waals surface area contributed by atoms with Crippen LogP contribution in [-0.4, -0.2) is 38.9 Å². The minimum atomic E-state index is 0.0268. The van der Waals surface area contributed by atoms with Gasteiger partial charge in [0.25, 0.3) is 0 Å². The molecule has 3 aromatic heterocycles. The summed E-state index contributed by atoms with van der Waals surface area (Å²) in [6.07, 6.45) is 3.92. The number of hydrogen-bond donors (Lipinski definition) is 3. The smallest absolute Gasteiger partial charge is 0.224 e. The quantitative estimate of drug-likeness (QED) is 0.478. The molecule has 0 saturated carbocycles. The van der Waals surface area contributed by atoms with E-state index in [9.17, 15) is 4.79 Å². The average molecular weight is 398 g/mol. The van der Waals surface area contributed by atoms with Gasteiger partial charge in [0.2, 0.25) is 5.91 Å². The van der Waals surface area contributed by atoms with Crippen molar-refractivity contribution < 1.29 is 4.79 Å². The third-order valence-electron chi connectivity index (χ3n) is 5.36. The summed E-state index contributed by atoms with van der Waals surface area (Å²) in [5.74, 6) is 0.456. The van der Waals surface area contributed by atoms with Gasteiger partial charge in [-0.05, 0) is 56.3 Å². The number of imidazole rings is 1. The van der Waals surface area contributed by atoms with Crippen molar-refractivity contribution >= 4 is 22.5 Å². The number of hydrogen-bond acceptors (Lipinski definition) is 5. The summed E-state index contributed by atoms with van der Waals surface area (Å²) in [6, 6.07) is 13.9.